The number of phenolic OH excluding ortho intramolecular Hbond substituents is 1. The molecule has 15 heavy (non-hydrogen) atoms. The summed E-state index contributed by atoms with van der Waals surface area (Å²) in [5.41, 5.74) is 2.52. The second-order valence-electron chi connectivity index (χ2n) is 3.72. The lowest BCUT2D eigenvalue weighted by Gasteiger charge is -2.10. The first-order valence-electron chi connectivity index (χ1n) is 4.75. The van der Waals surface area contributed by atoms with Gasteiger partial charge in [-0.05, 0) is 38.0 Å². The average molecular weight is 204 g/mol. The third kappa shape index (κ3) is 1.31. The van der Waals surface area contributed by atoms with Crippen molar-refractivity contribution in [1.29, 1.82) is 0 Å². The van der Waals surface area contributed by atoms with E-state index in [0.29, 0.717) is 5.58 Å². The Morgan fingerprint density at radius 2 is 1.73 bits per heavy atom. The fourth-order valence-corrected chi connectivity index (χ4v) is 1.75. The highest BCUT2D eigenvalue weighted by Gasteiger charge is 2.12. The molecule has 1 N–H and O–H groups in total. The van der Waals surface area contributed by atoms with Crippen molar-refractivity contribution in [2.45, 2.75) is 20.8 Å². The zero-order chi connectivity index (χ0) is 11.2. The number of rotatable bonds is 0. The highest BCUT2D eigenvalue weighted by Crippen LogP contribution is 2.32. The van der Waals surface area contributed by atoms with Crippen LogP contribution < -0.4 is 5.63 Å². The Bertz CT molecular complexity index is 594. The summed E-state index contributed by atoms with van der Waals surface area (Å²) in [6, 6.07) is 3.05. The second-order valence-corrected chi connectivity index (χ2v) is 3.72. The van der Waals surface area contributed by atoms with Crippen molar-refractivity contribution in [2.75, 3.05) is 0 Å². The fraction of sp³-hybridized carbons (Fsp3) is 0.250. The van der Waals surface area contributed by atoms with E-state index >= 15 is 0 Å². The van der Waals surface area contributed by atoms with Gasteiger partial charge in [-0.1, -0.05) is 0 Å². The summed E-state index contributed by atoms with van der Waals surface area (Å²) in [5.74, 6) is 0.272. The number of benzene rings is 1. The first kappa shape index (κ1) is 9.77. The van der Waals surface area contributed by atoms with Crippen molar-refractivity contribution in [1.82, 2.24) is 0 Å². The number of aromatic hydroxyl groups is 1. The maximum absolute atomic E-state index is 11.1. The number of aryl methyl sites for hydroxylation is 2. The van der Waals surface area contributed by atoms with Crippen LogP contribution >= 0.6 is 0 Å². The Morgan fingerprint density at radius 1 is 1.07 bits per heavy atom. The molecular formula is C12H12O3. The summed E-state index contributed by atoms with van der Waals surface area (Å²) < 4.78 is 5.14. The third-order valence-corrected chi connectivity index (χ3v) is 2.85. The molecule has 0 saturated heterocycles. The molecular weight excluding hydrogens is 192 g/mol. The Labute approximate surface area is 87.0 Å². The van der Waals surface area contributed by atoms with E-state index in [-0.39, 0.29) is 11.4 Å². The molecule has 0 aliphatic carbocycles. The van der Waals surface area contributed by atoms with E-state index in [9.17, 15) is 9.90 Å². The van der Waals surface area contributed by atoms with Crippen LogP contribution in [0.4, 0.5) is 0 Å². The normalized spacial score (nSPS) is 10.9. The molecule has 0 radical (unpaired) electrons. The molecule has 0 atom stereocenters. The molecule has 1 aromatic heterocycles. The quantitative estimate of drug-likeness (QED) is 0.670. The summed E-state index contributed by atoms with van der Waals surface area (Å²) in [6.45, 7) is 5.45. The minimum Gasteiger partial charge on any atom is -0.507 e. The lowest BCUT2D eigenvalue weighted by molar-refractivity contribution is 0.466. The smallest absolute Gasteiger partial charge is 0.336 e. The topological polar surface area (TPSA) is 50.4 Å². The fourth-order valence-electron chi connectivity index (χ4n) is 1.75. The molecule has 3 nitrogen and oxygen atoms in total. The van der Waals surface area contributed by atoms with Crippen molar-refractivity contribution in [2.24, 2.45) is 0 Å². The van der Waals surface area contributed by atoms with Gasteiger partial charge in [-0.3, -0.25) is 0 Å². The van der Waals surface area contributed by atoms with Gasteiger partial charge in [0.1, 0.15) is 11.3 Å². The van der Waals surface area contributed by atoms with Crippen LogP contribution in [0.15, 0.2) is 21.3 Å². The van der Waals surface area contributed by atoms with Crippen LogP contribution in [0.5, 0.6) is 5.75 Å². The first-order valence-corrected chi connectivity index (χ1v) is 4.75. The van der Waals surface area contributed by atoms with Crippen LogP contribution in [0.1, 0.15) is 16.7 Å². The SMILES string of the molecule is Cc1c(O)c(C)c2ccc(=O)oc2c1C. The summed E-state index contributed by atoms with van der Waals surface area (Å²) >= 11 is 0. The molecule has 0 amide bonds. The van der Waals surface area contributed by atoms with Crippen molar-refractivity contribution in [3.8, 4) is 5.75 Å². The molecule has 0 fully saturated rings. The minimum absolute atomic E-state index is 0.272. The van der Waals surface area contributed by atoms with Crippen molar-refractivity contribution >= 4 is 11.0 Å². The van der Waals surface area contributed by atoms with Crippen molar-refractivity contribution < 1.29 is 9.52 Å². The molecule has 0 unspecified atom stereocenters. The molecule has 78 valence electrons. The van der Waals surface area contributed by atoms with Crippen LogP contribution in [-0.4, -0.2) is 5.11 Å². The minimum atomic E-state index is -0.366. The predicted octanol–water partition coefficient (Wildman–Crippen LogP) is 2.42. The molecule has 2 aromatic rings. The monoisotopic (exact) mass is 204 g/mol. The molecule has 0 spiro atoms. The Morgan fingerprint density at radius 3 is 2.40 bits per heavy atom. The lowest BCUT2D eigenvalue weighted by Crippen LogP contribution is -1.98. The van der Waals surface area contributed by atoms with E-state index < -0.39 is 0 Å². The standard InChI is InChI=1S/C12H12O3/c1-6-7(2)12-9(8(3)11(6)14)4-5-10(13)15-12/h4-5,14H,1-3H3. The van der Waals surface area contributed by atoms with E-state index in [2.05, 4.69) is 0 Å². The molecule has 0 aliphatic heterocycles. The molecule has 1 aromatic carbocycles. The zero-order valence-electron chi connectivity index (χ0n) is 8.92. The van der Waals surface area contributed by atoms with Gasteiger partial charge in [-0.2, -0.15) is 0 Å². The highest BCUT2D eigenvalue weighted by molar-refractivity contribution is 5.86. The summed E-state index contributed by atoms with van der Waals surface area (Å²) in [5, 5.41) is 10.6. The van der Waals surface area contributed by atoms with E-state index in [1.165, 1.54) is 6.07 Å². The van der Waals surface area contributed by atoms with Gasteiger partial charge in [-0.15, -0.1) is 0 Å². The molecule has 2 rings (SSSR count). The van der Waals surface area contributed by atoms with Gasteiger partial charge in [0.2, 0.25) is 0 Å². The molecule has 0 bridgehead atoms. The van der Waals surface area contributed by atoms with Crippen molar-refractivity contribution in [3.63, 3.8) is 0 Å². The van der Waals surface area contributed by atoms with Gasteiger partial charge in [0, 0.05) is 17.0 Å². The third-order valence-electron chi connectivity index (χ3n) is 2.85. The number of hydrogen-bond acceptors (Lipinski definition) is 3. The Hall–Kier alpha value is -1.77. The zero-order valence-corrected chi connectivity index (χ0v) is 8.92. The van der Waals surface area contributed by atoms with Crippen LogP contribution in [0, 0.1) is 20.8 Å². The molecule has 0 aliphatic rings. The van der Waals surface area contributed by atoms with Gasteiger partial charge >= 0.3 is 5.63 Å². The van der Waals surface area contributed by atoms with E-state index in [4.69, 9.17) is 4.42 Å². The number of hydrogen-bond donors (Lipinski definition) is 1. The molecule has 3 heteroatoms. The van der Waals surface area contributed by atoms with Gasteiger partial charge in [0.15, 0.2) is 0 Å². The van der Waals surface area contributed by atoms with Gasteiger partial charge < -0.3 is 9.52 Å². The summed E-state index contributed by atoms with van der Waals surface area (Å²) in [4.78, 5) is 11.1. The van der Waals surface area contributed by atoms with E-state index in [1.54, 1.807) is 6.07 Å². The van der Waals surface area contributed by atoms with Crippen LogP contribution in [-0.2, 0) is 0 Å². The van der Waals surface area contributed by atoms with E-state index in [0.717, 1.165) is 22.1 Å². The summed E-state index contributed by atoms with van der Waals surface area (Å²) in [7, 11) is 0. The summed E-state index contributed by atoms with van der Waals surface area (Å²) in [6.07, 6.45) is 0. The average Bonchev–Trinajstić information content (AvgIpc) is 2.23. The second kappa shape index (κ2) is 3.12. The lowest BCUT2D eigenvalue weighted by atomic mass is 10.00. The van der Waals surface area contributed by atoms with Gasteiger partial charge in [-0.25, -0.2) is 4.79 Å². The molecule has 1 heterocycles. The number of phenols is 1. The Kier molecular flexibility index (Phi) is 2.03. The first-order chi connectivity index (χ1) is 7.02. The van der Waals surface area contributed by atoms with Crippen LogP contribution in [0.3, 0.4) is 0 Å². The van der Waals surface area contributed by atoms with Crippen LogP contribution in [0.25, 0.3) is 11.0 Å². The Balaban J connectivity index is 3.07. The number of fused-ring (bicyclic) bond motifs is 1. The van der Waals surface area contributed by atoms with Crippen molar-refractivity contribution in [3.05, 3.63) is 39.2 Å². The van der Waals surface area contributed by atoms with Gasteiger partial charge in [0.05, 0.1) is 0 Å². The maximum Gasteiger partial charge on any atom is 0.336 e. The largest absolute Gasteiger partial charge is 0.507 e. The maximum atomic E-state index is 11.1. The predicted molar refractivity (Wildman–Crippen MR) is 58.4 cm³/mol. The van der Waals surface area contributed by atoms with E-state index in [1.807, 2.05) is 20.8 Å². The van der Waals surface area contributed by atoms with Gasteiger partial charge in [0.25, 0.3) is 0 Å². The van der Waals surface area contributed by atoms with Crippen LogP contribution in [0.2, 0.25) is 0 Å². The molecule has 0 saturated carbocycles. The highest BCUT2D eigenvalue weighted by atomic mass is 16.4.